The summed E-state index contributed by atoms with van der Waals surface area (Å²) in [6.07, 6.45) is -0.0690. The first-order chi connectivity index (χ1) is 16.7. The number of nitrogens with one attached hydrogen (secondary N) is 2. The summed E-state index contributed by atoms with van der Waals surface area (Å²) < 4.78 is 16.1. The molecule has 1 aliphatic rings. The summed E-state index contributed by atoms with van der Waals surface area (Å²) in [4.78, 5) is 42.5. The van der Waals surface area contributed by atoms with Crippen LogP contribution in [0, 0.1) is 0 Å². The van der Waals surface area contributed by atoms with Crippen molar-refractivity contribution in [2.75, 3.05) is 23.9 Å². The quantitative estimate of drug-likeness (QED) is 0.467. The van der Waals surface area contributed by atoms with Crippen molar-refractivity contribution in [1.82, 2.24) is 19.9 Å². The lowest BCUT2D eigenvalue weighted by Crippen LogP contribution is -2.35. The highest BCUT2D eigenvalue weighted by Crippen LogP contribution is 2.30. The minimum absolute atomic E-state index is 0.0561. The van der Waals surface area contributed by atoms with Crippen LogP contribution in [0.1, 0.15) is 45.7 Å². The maximum Gasteiger partial charge on any atom is 0.417 e. The van der Waals surface area contributed by atoms with Crippen LogP contribution in [-0.2, 0) is 4.74 Å². The summed E-state index contributed by atoms with van der Waals surface area (Å²) in [6.45, 7) is 7.68. The highest BCUT2D eigenvalue weighted by atomic mass is 35.5. The summed E-state index contributed by atoms with van der Waals surface area (Å²) >= 11 is 6.26. The Bertz CT molecular complexity index is 1310. The number of methoxy groups -OCH3 is 1. The van der Waals surface area contributed by atoms with Gasteiger partial charge in [-0.25, -0.2) is 9.69 Å². The summed E-state index contributed by atoms with van der Waals surface area (Å²) in [5.74, 6) is 0.737. The van der Waals surface area contributed by atoms with Gasteiger partial charge in [0.2, 0.25) is 11.9 Å². The minimum Gasteiger partial charge on any atom is -0.495 e. The molecule has 3 aromatic rings. The van der Waals surface area contributed by atoms with E-state index in [0.29, 0.717) is 28.3 Å². The highest BCUT2D eigenvalue weighted by molar-refractivity contribution is 6.32. The molecule has 1 aliphatic heterocycles. The topological polar surface area (TPSA) is 132 Å². The van der Waals surface area contributed by atoms with Crippen molar-refractivity contribution in [3.8, 4) is 11.8 Å². The van der Waals surface area contributed by atoms with E-state index in [4.69, 9.17) is 25.8 Å². The van der Waals surface area contributed by atoms with Crippen molar-refractivity contribution in [2.45, 2.75) is 52.3 Å². The van der Waals surface area contributed by atoms with Gasteiger partial charge in [0.25, 0.3) is 5.56 Å². The molecule has 11 nitrogen and oxygen atoms in total. The number of nitrogens with zero attached hydrogens (tertiary/aromatic N) is 4. The smallest absolute Gasteiger partial charge is 0.417 e. The molecule has 0 aliphatic carbocycles. The van der Waals surface area contributed by atoms with Gasteiger partial charge in [-0.05, 0) is 39.3 Å². The Balaban J connectivity index is 1.69. The van der Waals surface area contributed by atoms with E-state index in [-0.39, 0.29) is 42.2 Å². The first-order valence-corrected chi connectivity index (χ1v) is 11.6. The van der Waals surface area contributed by atoms with Gasteiger partial charge in [-0.1, -0.05) is 18.5 Å². The van der Waals surface area contributed by atoms with Crippen LogP contribution in [0.2, 0.25) is 5.02 Å². The number of ether oxygens (including phenoxy) is 3. The van der Waals surface area contributed by atoms with E-state index >= 15 is 0 Å². The second-order valence-corrected chi connectivity index (χ2v) is 8.82. The molecule has 2 aromatic heterocycles. The second-order valence-electron chi connectivity index (χ2n) is 8.41. The number of pyridine rings is 1. The summed E-state index contributed by atoms with van der Waals surface area (Å²) in [5, 5.41) is 4.30. The first-order valence-electron chi connectivity index (χ1n) is 11.3. The van der Waals surface area contributed by atoms with E-state index in [1.165, 1.54) is 12.0 Å². The number of amides is 1. The SMILES string of the molecule is CC[C@H]1COC(=O)N1c1nc(N[C@@H](C)c2cc3cc(Cl)c(OC)cc3[nH]c2=O)nc(OC(C)C)n1. The van der Waals surface area contributed by atoms with Crippen LogP contribution in [0.3, 0.4) is 0 Å². The summed E-state index contributed by atoms with van der Waals surface area (Å²) in [5.41, 5.74) is 0.753. The summed E-state index contributed by atoms with van der Waals surface area (Å²) in [6, 6.07) is 4.50. The number of carbonyl (C=O) groups excluding carboxylic acids is 1. The number of fused-ring (bicyclic) bond motifs is 1. The molecule has 0 bridgehead atoms. The molecule has 2 atom stereocenters. The molecule has 0 unspecified atom stereocenters. The largest absolute Gasteiger partial charge is 0.495 e. The molecule has 1 aromatic carbocycles. The molecule has 1 amide bonds. The number of aromatic nitrogens is 4. The third kappa shape index (κ3) is 5.09. The number of hydrogen-bond donors (Lipinski definition) is 2. The average Bonchev–Trinajstić information content (AvgIpc) is 3.18. The fraction of sp³-hybridized carbons (Fsp3) is 0.435. The second kappa shape index (κ2) is 9.95. The average molecular weight is 503 g/mol. The molecule has 1 fully saturated rings. The lowest BCUT2D eigenvalue weighted by Gasteiger charge is -2.20. The Morgan fingerprint density at radius 1 is 1.23 bits per heavy atom. The van der Waals surface area contributed by atoms with Gasteiger partial charge in [-0.3, -0.25) is 4.79 Å². The number of carbonyl (C=O) groups is 1. The lowest BCUT2D eigenvalue weighted by molar-refractivity contribution is 0.178. The van der Waals surface area contributed by atoms with Crippen LogP contribution in [0.15, 0.2) is 23.0 Å². The van der Waals surface area contributed by atoms with E-state index in [1.807, 2.05) is 20.8 Å². The van der Waals surface area contributed by atoms with Gasteiger partial charge < -0.3 is 24.5 Å². The Morgan fingerprint density at radius 2 is 2.00 bits per heavy atom. The molecule has 0 radical (unpaired) electrons. The van der Waals surface area contributed by atoms with Crippen LogP contribution in [-0.4, -0.2) is 51.9 Å². The van der Waals surface area contributed by atoms with Gasteiger partial charge >= 0.3 is 12.1 Å². The number of anilines is 2. The zero-order chi connectivity index (χ0) is 25.3. The number of halogens is 1. The molecular weight excluding hydrogens is 476 g/mol. The molecule has 0 spiro atoms. The maximum absolute atomic E-state index is 12.8. The highest BCUT2D eigenvalue weighted by Gasteiger charge is 2.36. The monoisotopic (exact) mass is 502 g/mol. The Labute approximate surface area is 206 Å². The van der Waals surface area contributed by atoms with E-state index < -0.39 is 12.1 Å². The van der Waals surface area contributed by atoms with E-state index in [9.17, 15) is 9.59 Å². The fourth-order valence-electron chi connectivity index (χ4n) is 3.76. The molecule has 1 saturated heterocycles. The van der Waals surface area contributed by atoms with Gasteiger partial charge in [0.15, 0.2) is 0 Å². The normalized spacial score (nSPS) is 16.5. The van der Waals surface area contributed by atoms with E-state index in [2.05, 4.69) is 25.3 Å². The molecular formula is C23H27ClN6O5. The molecule has 35 heavy (non-hydrogen) atoms. The fourth-order valence-corrected chi connectivity index (χ4v) is 4.01. The van der Waals surface area contributed by atoms with Crippen molar-refractivity contribution in [2.24, 2.45) is 0 Å². The van der Waals surface area contributed by atoms with Crippen molar-refractivity contribution in [3.05, 3.63) is 39.1 Å². The Kier molecular flexibility index (Phi) is 6.97. The van der Waals surface area contributed by atoms with Gasteiger partial charge in [-0.2, -0.15) is 15.0 Å². The molecule has 2 N–H and O–H groups in total. The summed E-state index contributed by atoms with van der Waals surface area (Å²) in [7, 11) is 1.51. The standard InChI is InChI=1S/C23H27ClN6O5/c1-6-14-10-34-23(32)30(14)21-27-20(28-22(29-21)35-11(2)3)25-12(4)15-7-13-8-16(24)18(33-5)9-17(13)26-19(15)31/h7-9,11-12,14H,6,10H2,1-5H3,(H,26,31)(H,25,27,28,29)/t12-,14-/m0/s1. The third-order valence-electron chi connectivity index (χ3n) is 5.55. The van der Waals surface area contributed by atoms with Crippen LogP contribution in [0.25, 0.3) is 10.9 Å². The number of aromatic amines is 1. The minimum atomic E-state index is -0.532. The Morgan fingerprint density at radius 3 is 2.69 bits per heavy atom. The van der Waals surface area contributed by atoms with Crippen molar-refractivity contribution in [3.63, 3.8) is 0 Å². The lowest BCUT2D eigenvalue weighted by atomic mass is 10.1. The number of rotatable bonds is 8. The Hall–Kier alpha value is -3.60. The molecule has 0 saturated carbocycles. The molecule has 3 heterocycles. The molecule has 4 rings (SSSR count). The van der Waals surface area contributed by atoms with Crippen molar-refractivity contribution in [1.29, 1.82) is 0 Å². The van der Waals surface area contributed by atoms with Crippen LogP contribution in [0.4, 0.5) is 16.7 Å². The van der Waals surface area contributed by atoms with E-state index in [0.717, 1.165) is 5.39 Å². The molecule has 12 heteroatoms. The maximum atomic E-state index is 12.8. The predicted octanol–water partition coefficient (Wildman–Crippen LogP) is 4.07. The van der Waals surface area contributed by atoms with Crippen LogP contribution >= 0.6 is 11.6 Å². The number of hydrogen-bond acceptors (Lipinski definition) is 9. The number of cyclic esters (lactones) is 1. The van der Waals surface area contributed by atoms with Gasteiger partial charge in [0, 0.05) is 17.0 Å². The zero-order valence-corrected chi connectivity index (χ0v) is 20.8. The van der Waals surface area contributed by atoms with Gasteiger partial charge in [-0.15, -0.1) is 0 Å². The van der Waals surface area contributed by atoms with Crippen LogP contribution < -0.4 is 25.2 Å². The predicted molar refractivity (Wildman–Crippen MR) is 132 cm³/mol. The van der Waals surface area contributed by atoms with Crippen molar-refractivity contribution >= 4 is 40.5 Å². The zero-order valence-electron chi connectivity index (χ0n) is 20.1. The van der Waals surface area contributed by atoms with Gasteiger partial charge in [0.1, 0.15) is 12.4 Å². The third-order valence-corrected chi connectivity index (χ3v) is 5.84. The van der Waals surface area contributed by atoms with Crippen molar-refractivity contribution < 1.29 is 19.0 Å². The van der Waals surface area contributed by atoms with Crippen LogP contribution in [0.5, 0.6) is 11.8 Å². The van der Waals surface area contributed by atoms with E-state index in [1.54, 1.807) is 25.1 Å². The number of benzene rings is 1. The van der Waals surface area contributed by atoms with Gasteiger partial charge in [0.05, 0.1) is 35.8 Å². The molecule has 186 valence electrons. The number of H-pyrrole nitrogens is 1. The first kappa shape index (κ1) is 24.5.